The molecule has 0 aromatic heterocycles. The number of nitrogens with one attached hydrogen (secondary N) is 1. The van der Waals surface area contributed by atoms with Gasteiger partial charge in [0.15, 0.2) is 6.61 Å². The topological polar surface area (TPSA) is 46.1 Å². The zero-order valence-electron chi connectivity index (χ0n) is 12.0. The summed E-state index contributed by atoms with van der Waals surface area (Å²) in [5.74, 6) is 1.07. The number of ether oxygens (including phenoxy) is 1. The Morgan fingerprint density at radius 2 is 2.10 bits per heavy atom. The monoisotopic (exact) mass is 299 g/mol. The van der Waals surface area contributed by atoms with E-state index in [1.54, 1.807) is 0 Å². The van der Waals surface area contributed by atoms with Gasteiger partial charge in [0.05, 0.1) is 5.92 Å². The zero-order chi connectivity index (χ0) is 13.8. The minimum atomic E-state index is 0.126. The predicted molar refractivity (Wildman–Crippen MR) is 82.3 cm³/mol. The van der Waals surface area contributed by atoms with Gasteiger partial charge in [-0.3, -0.25) is 4.90 Å². The maximum Gasteiger partial charge on any atom is 0.230 e. The molecule has 3 rings (SSSR count). The molecule has 2 saturated heterocycles. The summed E-state index contributed by atoms with van der Waals surface area (Å²) in [6.45, 7) is 5.79. The molecule has 3 atom stereocenters. The predicted octanol–water partition coefficient (Wildman–Crippen LogP) is 1.11. The highest BCUT2D eigenvalue weighted by Gasteiger charge is 2.31. The molecule has 3 heterocycles. The Balaban J connectivity index is 1.51. The van der Waals surface area contributed by atoms with Crippen LogP contribution in [0.15, 0.2) is 5.16 Å². The Labute approximate surface area is 126 Å². The van der Waals surface area contributed by atoms with Crippen molar-refractivity contribution in [1.82, 2.24) is 10.2 Å². The number of hydrogen-bond acceptors (Lipinski definition) is 6. The van der Waals surface area contributed by atoms with E-state index in [2.05, 4.69) is 28.0 Å². The van der Waals surface area contributed by atoms with Gasteiger partial charge in [-0.2, -0.15) is 12.6 Å². The summed E-state index contributed by atoms with van der Waals surface area (Å²) in [7, 11) is 0. The first-order chi connectivity index (χ1) is 9.81. The quantitative estimate of drug-likeness (QED) is 0.767. The molecule has 2 fully saturated rings. The normalized spacial score (nSPS) is 35.9. The highest BCUT2D eigenvalue weighted by Crippen LogP contribution is 2.21. The molecule has 0 bridgehead atoms. The summed E-state index contributed by atoms with van der Waals surface area (Å²) in [6.07, 6.45) is 5.11. The molecule has 3 aliphatic heterocycles. The number of nitrogens with zero attached hydrogens (tertiary/aromatic N) is 2. The van der Waals surface area contributed by atoms with E-state index in [0.717, 1.165) is 32.0 Å². The van der Waals surface area contributed by atoms with Crippen LogP contribution >= 0.6 is 12.6 Å². The lowest BCUT2D eigenvalue weighted by Crippen LogP contribution is -2.46. The van der Waals surface area contributed by atoms with E-state index in [9.17, 15) is 0 Å². The van der Waals surface area contributed by atoms with Crippen molar-refractivity contribution >= 4 is 18.5 Å². The molecule has 0 saturated carbocycles. The summed E-state index contributed by atoms with van der Waals surface area (Å²) in [5.41, 5.74) is 0. The molecular formula is C14H25N3O2S. The van der Waals surface area contributed by atoms with Crippen molar-refractivity contribution in [2.24, 2.45) is 11.1 Å². The van der Waals surface area contributed by atoms with Crippen LogP contribution < -0.4 is 5.32 Å². The molecule has 0 radical (unpaired) electrons. The number of rotatable bonds is 3. The Morgan fingerprint density at radius 3 is 2.90 bits per heavy atom. The Morgan fingerprint density at radius 1 is 1.25 bits per heavy atom. The molecule has 0 spiro atoms. The fraction of sp³-hybridized carbons (Fsp3) is 0.929. The van der Waals surface area contributed by atoms with Gasteiger partial charge in [-0.1, -0.05) is 11.6 Å². The van der Waals surface area contributed by atoms with Crippen molar-refractivity contribution in [3.63, 3.8) is 0 Å². The minimum Gasteiger partial charge on any atom is -0.470 e. The summed E-state index contributed by atoms with van der Waals surface area (Å²) in [6, 6.07) is 0. The lowest BCUT2D eigenvalue weighted by molar-refractivity contribution is -0.0159. The van der Waals surface area contributed by atoms with Crippen LogP contribution in [0.3, 0.4) is 0 Å². The van der Waals surface area contributed by atoms with Gasteiger partial charge in [-0.05, 0) is 32.4 Å². The number of likely N-dealkylation sites (tertiary alicyclic amines) is 1. The first kappa shape index (κ1) is 14.5. The van der Waals surface area contributed by atoms with Crippen molar-refractivity contribution in [1.29, 1.82) is 0 Å². The van der Waals surface area contributed by atoms with Crippen LogP contribution in [0.2, 0.25) is 0 Å². The fourth-order valence-electron chi connectivity index (χ4n) is 3.21. The second-order valence-corrected chi connectivity index (χ2v) is 6.80. The number of thiol groups is 1. The molecule has 0 aromatic rings. The van der Waals surface area contributed by atoms with Gasteiger partial charge in [0, 0.05) is 24.9 Å². The molecule has 0 aliphatic carbocycles. The van der Waals surface area contributed by atoms with E-state index >= 15 is 0 Å². The molecule has 6 heteroatoms. The highest BCUT2D eigenvalue weighted by atomic mass is 32.1. The summed E-state index contributed by atoms with van der Waals surface area (Å²) in [4.78, 5) is 7.90. The van der Waals surface area contributed by atoms with Gasteiger partial charge in [0.1, 0.15) is 6.10 Å². The van der Waals surface area contributed by atoms with Crippen LogP contribution in [-0.2, 0) is 9.57 Å². The second kappa shape index (κ2) is 7.00. The average Bonchev–Trinajstić information content (AvgIpc) is 2.49. The van der Waals surface area contributed by atoms with Crippen LogP contribution in [0.25, 0.3) is 0 Å². The number of hydrogen-bond donors (Lipinski definition) is 2. The minimum absolute atomic E-state index is 0.126. The summed E-state index contributed by atoms with van der Waals surface area (Å²) < 4.78 is 6.09. The van der Waals surface area contributed by atoms with Crippen molar-refractivity contribution in [2.45, 2.75) is 37.0 Å². The Bertz CT molecular complexity index is 347. The van der Waals surface area contributed by atoms with Crippen LogP contribution in [0.4, 0.5) is 0 Å². The molecule has 0 aromatic carbocycles. The van der Waals surface area contributed by atoms with Gasteiger partial charge >= 0.3 is 0 Å². The molecule has 1 N–H and O–H groups in total. The van der Waals surface area contributed by atoms with E-state index in [1.165, 1.54) is 32.4 Å². The molecule has 5 nitrogen and oxygen atoms in total. The summed E-state index contributed by atoms with van der Waals surface area (Å²) >= 11 is 4.55. The van der Waals surface area contributed by atoms with Gasteiger partial charge in [-0.15, -0.1) is 0 Å². The maximum absolute atomic E-state index is 6.09. The van der Waals surface area contributed by atoms with Crippen molar-refractivity contribution in [2.75, 3.05) is 39.3 Å². The van der Waals surface area contributed by atoms with E-state index < -0.39 is 0 Å². The molecule has 20 heavy (non-hydrogen) atoms. The fourth-order valence-corrected chi connectivity index (χ4v) is 3.59. The van der Waals surface area contributed by atoms with Gasteiger partial charge in [-0.25, -0.2) is 0 Å². The van der Waals surface area contributed by atoms with Crippen molar-refractivity contribution < 1.29 is 9.57 Å². The van der Waals surface area contributed by atoms with Crippen LogP contribution in [0.5, 0.6) is 0 Å². The van der Waals surface area contributed by atoms with Crippen LogP contribution in [-0.4, -0.2) is 61.5 Å². The highest BCUT2D eigenvalue weighted by molar-refractivity contribution is 7.81. The first-order valence-corrected chi connectivity index (χ1v) is 8.30. The van der Waals surface area contributed by atoms with Gasteiger partial charge < -0.3 is 14.9 Å². The van der Waals surface area contributed by atoms with Crippen molar-refractivity contribution in [3.05, 3.63) is 0 Å². The van der Waals surface area contributed by atoms with E-state index in [1.807, 2.05) is 0 Å². The van der Waals surface area contributed by atoms with Gasteiger partial charge in [0.2, 0.25) is 5.90 Å². The Hall–Kier alpha value is -0.460. The smallest absolute Gasteiger partial charge is 0.230 e. The zero-order valence-corrected chi connectivity index (χ0v) is 12.9. The lowest BCUT2D eigenvalue weighted by atomic mass is 9.99. The third-order valence-corrected chi connectivity index (χ3v) is 4.68. The number of oxime groups is 1. The Kier molecular flexibility index (Phi) is 5.07. The summed E-state index contributed by atoms with van der Waals surface area (Å²) in [5, 5.41) is 7.89. The third-order valence-electron chi connectivity index (χ3n) is 4.29. The van der Waals surface area contributed by atoms with Gasteiger partial charge in [0.25, 0.3) is 0 Å². The molecule has 114 valence electrons. The maximum atomic E-state index is 6.09. The lowest BCUT2D eigenvalue weighted by Gasteiger charge is -2.34. The standard InChI is InChI=1S/C14H25N3O2S/c20-13-6-11(7-15-8-13)14-16-18-10-12(19-14)9-17-4-2-1-3-5-17/h11-13,15,20H,1-10H2. The van der Waals surface area contributed by atoms with E-state index in [0.29, 0.717) is 17.8 Å². The van der Waals surface area contributed by atoms with Crippen molar-refractivity contribution in [3.8, 4) is 0 Å². The van der Waals surface area contributed by atoms with Crippen LogP contribution in [0, 0.1) is 5.92 Å². The molecule has 0 amide bonds. The molecule has 3 unspecified atom stereocenters. The number of piperidine rings is 2. The molecular weight excluding hydrogens is 274 g/mol. The third kappa shape index (κ3) is 3.80. The van der Waals surface area contributed by atoms with E-state index in [-0.39, 0.29) is 6.10 Å². The average molecular weight is 299 g/mol. The van der Waals surface area contributed by atoms with Crippen LogP contribution in [0.1, 0.15) is 25.7 Å². The SMILES string of the molecule is SC1CNCC(C2=NOCC(CN3CCCCC3)O2)C1. The van der Waals surface area contributed by atoms with E-state index in [4.69, 9.17) is 9.57 Å². The first-order valence-electron chi connectivity index (χ1n) is 7.79. The molecule has 3 aliphatic rings. The largest absolute Gasteiger partial charge is 0.470 e. The second-order valence-electron chi connectivity index (χ2n) is 6.07.